The molecule has 3 rings (SSSR count). The molecule has 1 heterocycles. The molecule has 1 aliphatic heterocycles. The highest BCUT2D eigenvalue weighted by Gasteiger charge is 2.45. The smallest absolute Gasteiger partial charge is 0.324 e. The van der Waals surface area contributed by atoms with E-state index in [1.807, 2.05) is 24.3 Å². The molecule has 2 aromatic rings. The molecular formula is C17H14F3NO. The first-order valence-electron chi connectivity index (χ1n) is 6.94. The third kappa shape index (κ3) is 2.36. The van der Waals surface area contributed by atoms with Gasteiger partial charge >= 0.3 is 12.1 Å². The number of alkyl halides is 3. The minimum atomic E-state index is -4.87. The standard InChI is InChI=1S/C17H14F3NO/c1-11-13-7-4-5-9-15(13)14-8-3-2-6-12(14)10-21(11)16(22)17(18,19)20/h2-9,11H,10H2,1H3/t11-/m0/s1. The molecular weight excluding hydrogens is 291 g/mol. The fourth-order valence-electron chi connectivity index (χ4n) is 2.93. The average molecular weight is 305 g/mol. The monoisotopic (exact) mass is 305 g/mol. The van der Waals surface area contributed by atoms with Crippen molar-refractivity contribution < 1.29 is 18.0 Å². The Morgan fingerprint density at radius 3 is 2.32 bits per heavy atom. The van der Waals surface area contributed by atoms with Gasteiger partial charge in [-0.2, -0.15) is 13.2 Å². The molecule has 0 unspecified atom stereocenters. The highest BCUT2D eigenvalue weighted by Crippen LogP contribution is 2.39. The van der Waals surface area contributed by atoms with Crippen molar-refractivity contribution in [1.29, 1.82) is 0 Å². The Balaban J connectivity index is 2.18. The van der Waals surface area contributed by atoms with E-state index in [-0.39, 0.29) is 6.54 Å². The summed E-state index contributed by atoms with van der Waals surface area (Å²) in [7, 11) is 0. The van der Waals surface area contributed by atoms with Gasteiger partial charge in [-0.1, -0.05) is 48.5 Å². The van der Waals surface area contributed by atoms with Crippen molar-refractivity contribution in [1.82, 2.24) is 4.90 Å². The van der Waals surface area contributed by atoms with Gasteiger partial charge in [0.15, 0.2) is 0 Å². The van der Waals surface area contributed by atoms with Crippen molar-refractivity contribution in [2.24, 2.45) is 0 Å². The molecule has 0 spiro atoms. The fraction of sp³-hybridized carbons (Fsp3) is 0.235. The van der Waals surface area contributed by atoms with Crippen LogP contribution in [-0.4, -0.2) is 17.0 Å². The van der Waals surface area contributed by atoms with Crippen LogP contribution >= 0.6 is 0 Å². The van der Waals surface area contributed by atoms with Crippen LogP contribution in [0.25, 0.3) is 11.1 Å². The van der Waals surface area contributed by atoms with Gasteiger partial charge in [-0.3, -0.25) is 4.79 Å². The summed E-state index contributed by atoms with van der Waals surface area (Å²) in [5.41, 5.74) is 3.20. The molecule has 1 aliphatic rings. The maximum Gasteiger partial charge on any atom is 0.471 e. The molecule has 114 valence electrons. The van der Waals surface area contributed by atoms with E-state index in [9.17, 15) is 18.0 Å². The zero-order valence-corrected chi connectivity index (χ0v) is 11.9. The minimum absolute atomic E-state index is 0.0512. The topological polar surface area (TPSA) is 20.3 Å². The Labute approximate surface area is 126 Å². The number of hydrogen-bond acceptors (Lipinski definition) is 1. The third-order valence-corrected chi connectivity index (χ3v) is 4.03. The number of fused-ring (bicyclic) bond motifs is 3. The molecule has 0 bridgehead atoms. The lowest BCUT2D eigenvalue weighted by Crippen LogP contribution is -2.41. The van der Waals surface area contributed by atoms with Gasteiger partial charge < -0.3 is 4.90 Å². The number of amides is 1. The van der Waals surface area contributed by atoms with Gasteiger partial charge in [-0.15, -0.1) is 0 Å². The van der Waals surface area contributed by atoms with Crippen LogP contribution in [0.15, 0.2) is 48.5 Å². The van der Waals surface area contributed by atoms with Crippen LogP contribution in [0.5, 0.6) is 0 Å². The van der Waals surface area contributed by atoms with Gasteiger partial charge in [0.05, 0.1) is 6.04 Å². The summed E-state index contributed by atoms with van der Waals surface area (Å²) in [6.07, 6.45) is -4.87. The number of carbonyl (C=O) groups is 1. The number of benzene rings is 2. The van der Waals surface area contributed by atoms with Crippen LogP contribution in [0.4, 0.5) is 13.2 Å². The predicted molar refractivity (Wildman–Crippen MR) is 76.9 cm³/mol. The van der Waals surface area contributed by atoms with Crippen molar-refractivity contribution in [2.45, 2.75) is 25.7 Å². The van der Waals surface area contributed by atoms with Crippen LogP contribution < -0.4 is 0 Å². The molecule has 0 aromatic heterocycles. The number of halogens is 3. The van der Waals surface area contributed by atoms with Crippen molar-refractivity contribution >= 4 is 5.91 Å². The molecule has 0 radical (unpaired) electrons. The first kappa shape index (κ1) is 14.6. The van der Waals surface area contributed by atoms with Crippen molar-refractivity contribution in [3.63, 3.8) is 0 Å². The zero-order chi connectivity index (χ0) is 15.9. The second-order valence-corrected chi connectivity index (χ2v) is 5.35. The van der Waals surface area contributed by atoms with E-state index < -0.39 is 18.1 Å². The highest BCUT2D eigenvalue weighted by atomic mass is 19.4. The summed E-state index contributed by atoms with van der Waals surface area (Å²) in [4.78, 5) is 12.7. The van der Waals surface area contributed by atoms with Crippen molar-refractivity contribution in [3.8, 4) is 11.1 Å². The Kier molecular flexibility index (Phi) is 3.43. The van der Waals surface area contributed by atoms with Crippen LogP contribution in [0.3, 0.4) is 0 Å². The lowest BCUT2D eigenvalue weighted by Gasteiger charge is -2.29. The number of rotatable bonds is 0. The maximum absolute atomic E-state index is 12.9. The van der Waals surface area contributed by atoms with Crippen LogP contribution in [0.2, 0.25) is 0 Å². The van der Waals surface area contributed by atoms with Crippen LogP contribution in [-0.2, 0) is 11.3 Å². The lowest BCUT2D eigenvalue weighted by molar-refractivity contribution is -0.188. The summed E-state index contributed by atoms with van der Waals surface area (Å²) >= 11 is 0. The molecule has 0 aliphatic carbocycles. The number of nitrogens with zero attached hydrogens (tertiary/aromatic N) is 1. The summed E-state index contributed by atoms with van der Waals surface area (Å²) in [5.74, 6) is -1.80. The predicted octanol–water partition coefficient (Wildman–Crippen LogP) is 4.32. The number of hydrogen-bond donors (Lipinski definition) is 0. The van der Waals surface area contributed by atoms with Gasteiger partial charge in [-0.25, -0.2) is 0 Å². The largest absolute Gasteiger partial charge is 0.471 e. The van der Waals surface area contributed by atoms with Crippen LogP contribution in [0, 0.1) is 0 Å². The quantitative estimate of drug-likeness (QED) is 0.710. The molecule has 0 saturated heterocycles. The van der Waals surface area contributed by atoms with Crippen molar-refractivity contribution in [3.05, 3.63) is 59.7 Å². The lowest BCUT2D eigenvalue weighted by atomic mass is 9.94. The Morgan fingerprint density at radius 1 is 1.05 bits per heavy atom. The number of carbonyl (C=O) groups excluding carboxylic acids is 1. The fourth-order valence-corrected chi connectivity index (χ4v) is 2.93. The van der Waals surface area contributed by atoms with E-state index >= 15 is 0 Å². The van der Waals surface area contributed by atoms with E-state index in [4.69, 9.17) is 0 Å². The molecule has 0 fully saturated rings. The summed E-state index contributed by atoms with van der Waals surface area (Å²) in [6, 6.07) is 13.9. The van der Waals surface area contributed by atoms with Gasteiger partial charge in [-0.05, 0) is 29.2 Å². The zero-order valence-electron chi connectivity index (χ0n) is 11.9. The summed E-state index contributed by atoms with van der Waals surface area (Å²) < 4.78 is 38.7. The second kappa shape index (κ2) is 5.16. The second-order valence-electron chi connectivity index (χ2n) is 5.35. The Bertz CT molecular complexity index is 724. The highest BCUT2D eigenvalue weighted by molar-refractivity contribution is 5.84. The minimum Gasteiger partial charge on any atom is -0.324 e. The molecule has 2 aromatic carbocycles. The first-order chi connectivity index (χ1) is 10.4. The molecule has 22 heavy (non-hydrogen) atoms. The molecule has 1 atom stereocenters. The summed E-state index contributed by atoms with van der Waals surface area (Å²) in [5, 5.41) is 0. The first-order valence-corrected chi connectivity index (χ1v) is 6.94. The van der Waals surface area contributed by atoms with Gasteiger partial charge in [0.25, 0.3) is 0 Å². The average Bonchev–Trinajstić information content (AvgIpc) is 2.62. The molecule has 2 nitrogen and oxygen atoms in total. The summed E-state index contributed by atoms with van der Waals surface area (Å²) in [6.45, 7) is 1.58. The maximum atomic E-state index is 12.9. The molecule has 1 amide bonds. The van der Waals surface area contributed by atoms with Gasteiger partial charge in [0.1, 0.15) is 0 Å². The van der Waals surface area contributed by atoms with Crippen LogP contribution in [0.1, 0.15) is 24.1 Å². The molecule has 0 N–H and O–H groups in total. The molecule has 0 saturated carbocycles. The Hall–Kier alpha value is -2.30. The third-order valence-electron chi connectivity index (χ3n) is 4.03. The van der Waals surface area contributed by atoms with E-state index in [1.54, 1.807) is 31.2 Å². The van der Waals surface area contributed by atoms with Crippen molar-refractivity contribution in [2.75, 3.05) is 0 Å². The van der Waals surface area contributed by atoms with E-state index in [2.05, 4.69) is 0 Å². The SMILES string of the molecule is C[C@H]1c2ccccc2-c2ccccc2CN1C(=O)C(F)(F)F. The Morgan fingerprint density at radius 2 is 1.64 bits per heavy atom. The normalized spacial score (nSPS) is 17.5. The molecule has 5 heteroatoms. The van der Waals surface area contributed by atoms with E-state index in [0.717, 1.165) is 27.2 Å². The van der Waals surface area contributed by atoms with Gasteiger partial charge in [0, 0.05) is 6.54 Å². The van der Waals surface area contributed by atoms with E-state index in [0.29, 0.717) is 0 Å². The van der Waals surface area contributed by atoms with E-state index in [1.165, 1.54) is 0 Å². The van der Waals surface area contributed by atoms with Gasteiger partial charge in [0.2, 0.25) is 0 Å².